The lowest BCUT2D eigenvalue weighted by Gasteiger charge is -2.11. The Bertz CT molecular complexity index is 890. The van der Waals surface area contributed by atoms with Crippen LogP contribution in [0.2, 0.25) is 5.02 Å². The van der Waals surface area contributed by atoms with Gasteiger partial charge in [0.1, 0.15) is 4.90 Å². The molecule has 0 atom stereocenters. The third-order valence-electron chi connectivity index (χ3n) is 3.20. The Kier molecular flexibility index (Phi) is 5.81. The summed E-state index contributed by atoms with van der Waals surface area (Å²) in [5.74, 6) is 0. The fraction of sp³-hybridized carbons (Fsp3) is 0.143. The van der Waals surface area contributed by atoms with Crippen molar-refractivity contribution in [1.29, 1.82) is 0 Å². The molecule has 0 heterocycles. The molecule has 128 valence electrons. The van der Waals surface area contributed by atoms with E-state index in [2.05, 4.69) is 21.2 Å². The van der Waals surface area contributed by atoms with Crippen LogP contribution in [-0.4, -0.2) is 19.9 Å². The van der Waals surface area contributed by atoms with Crippen LogP contribution in [-0.2, 0) is 16.4 Å². The molecular weight excluding hydrogens is 422 g/mol. The minimum atomic E-state index is -4.10. The fourth-order valence-corrected chi connectivity index (χ4v) is 3.44. The Hall–Kier alpha value is -1.68. The molecule has 0 aliphatic rings. The Balaban J connectivity index is 2.20. The van der Waals surface area contributed by atoms with Gasteiger partial charge in [0.25, 0.3) is 5.69 Å². The number of non-ortho nitro benzene ring substituents is 1. The number of nitrogens with two attached hydrogens (primary N) is 1. The van der Waals surface area contributed by atoms with Crippen molar-refractivity contribution in [3.8, 4) is 0 Å². The molecule has 0 aliphatic heterocycles. The van der Waals surface area contributed by atoms with E-state index >= 15 is 0 Å². The molecule has 7 nitrogen and oxygen atoms in total. The molecule has 0 spiro atoms. The molecule has 0 bridgehead atoms. The summed E-state index contributed by atoms with van der Waals surface area (Å²) in [7, 11) is -4.10. The van der Waals surface area contributed by atoms with Crippen LogP contribution in [0.5, 0.6) is 0 Å². The molecule has 3 N–H and O–H groups in total. The maximum atomic E-state index is 11.7. The number of nitrogens with one attached hydrogen (secondary N) is 1. The van der Waals surface area contributed by atoms with E-state index < -0.39 is 14.9 Å². The monoisotopic (exact) mass is 433 g/mol. The Labute approximate surface area is 152 Å². The van der Waals surface area contributed by atoms with Gasteiger partial charge < -0.3 is 5.32 Å². The van der Waals surface area contributed by atoms with Crippen LogP contribution in [0.4, 0.5) is 11.4 Å². The first kappa shape index (κ1) is 18.7. The largest absolute Gasteiger partial charge is 0.384 e. The quantitative estimate of drug-likeness (QED) is 0.534. The highest BCUT2D eigenvalue weighted by atomic mass is 79.9. The van der Waals surface area contributed by atoms with Gasteiger partial charge in [0, 0.05) is 28.2 Å². The van der Waals surface area contributed by atoms with Crippen molar-refractivity contribution in [2.75, 3.05) is 11.9 Å². The first-order chi connectivity index (χ1) is 11.2. The molecule has 0 amide bonds. The van der Waals surface area contributed by atoms with Crippen molar-refractivity contribution in [2.45, 2.75) is 11.3 Å². The van der Waals surface area contributed by atoms with Gasteiger partial charge >= 0.3 is 0 Å². The Morgan fingerprint density at radius 3 is 2.58 bits per heavy atom. The first-order valence-electron chi connectivity index (χ1n) is 6.67. The van der Waals surface area contributed by atoms with Crippen molar-refractivity contribution in [1.82, 2.24) is 0 Å². The van der Waals surface area contributed by atoms with Crippen molar-refractivity contribution in [2.24, 2.45) is 5.14 Å². The highest BCUT2D eigenvalue weighted by Gasteiger charge is 2.18. The van der Waals surface area contributed by atoms with E-state index in [-0.39, 0.29) is 16.3 Å². The zero-order valence-corrected chi connectivity index (χ0v) is 15.4. The zero-order valence-electron chi connectivity index (χ0n) is 12.2. The van der Waals surface area contributed by atoms with Crippen LogP contribution >= 0.6 is 27.5 Å². The molecular formula is C14H13BrClN3O4S. The second kappa shape index (κ2) is 7.47. The summed E-state index contributed by atoms with van der Waals surface area (Å²) in [6.07, 6.45) is 0.558. The molecule has 10 heteroatoms. The van der Waals surface area contributed by atoms with Gasteiger partial charge in [-0.2, -0.15) is 0 Å². The van der Waals surface area contributed by atoms with Gasteiger partial charge in [-0.3, -0.25) is 10.1 Å². The van der Waals surface area contributed by atoms with Crippen LogP contribution in [0.25, 0.3) is 0 Å². The molecule has 2 aromatic carbocycles. The molecule has 0 saturated carbocycles. The molecule has 0 aliphatic carbocycles. The number of primary sulfonamides is 1. The van der Waals surface area contributed by atoms with Gasteiger partial charge in [0.05, 0.1) is 10.6 Å². The average Bonchev–Trinajstić information content (AvgIpc) is 2.49. The summed E-state index contributed by atoms with van der Waals surface area (Å²) < 4.78 is 24.2. The number of rotatable bonds is 6. The molecule has 2 aromatic rings. The molecule has 0 saturated heterocycles. The number of sulfonamides is 1. The number of hydrogen-bond acceptors (Lipinski definition) is 5. The summed E-state index contributed by atoms with van der Waals surface area (Å²) in [6.45, 7) is 0.388. The van der Waals surface area contributed by atoms with Crippen molar-refractivity contribution >= 4 is 48.9 Å². The van der Waals surface area contributed by atoms with Crippen molar-refractivity contribution in [3.63, 3.8) is 0 Å². The van der Waals surface area contributed by atoms with Crippen LogP contribution in [0.3, 0.4) is 0 Å². The van der Waals surface area contributed by atoms with E-state index in [9.17, 15) is 18.5 Å². The number of nitrogens with zero attached hydrogens (tertiary/aromatic N) is 1. The highest BCUT2D eigenvalue weighted by molar-refractivity contribution is 9.10. The lowest BCUT2D eigenvalue weighted by molar-refractivity contribution is -0.385. The van der Waals surface area contributed by atoms with E-state index in [0.717, 1.165) is 16.1 Å². The summed E-state index contributed by atoms with van der Waals surface area (Å²) in [4.78, 5) is 9.79. The van der Waals surface area contributed by atoms with Gasteiger partial charge in [-0.15, -0.1) is 0 Å². The van der Waals surface area contributed by atoms with Crippen LogP contribution in [0.1, 0.15) is 5.56 Å². The standard InChI is InChI=1S/C14H13BrClN3O4S/c15-12-3-1-10(16)7-9(12)5-6-18-13-4-2-11(19(20)21)8-14(13)24(17,22)23/h1-4,7-8,18H,5-6H2,(H2,17,22,23). The van der Waals surface area contributed by atoms with Gasteiger partial charge in [0.15, 0.2) is 0 Å². The molecule has 24 heavy (non-hydrogen) atoms. The number of nitro benzene ring substituents is 1. The maximum absolute atomic E-state index is 11.7. The minimum absolute atomic E-state index is 0.209. The number of benzene rings is 2. The average molecular weight is 435 g/mol. The van der Waals surface area contributed by atoms with E-state index in [1.165, 1.54) is 12.1 Å². The van der Waals surface area contributed by atoms with Crippen LogP contribution in [0.15, 0.2) is 45.8 Å². The van der Waals surface area contributed by atoms with E-state index in [0.29, 0.717) is 18.0 Å². The summed E-state index contributed by atoms with van der Waals surface area (Å²) >= 11 is 9.36. The zero-order chi connectivity index (χ0) is 17.9. The third-order valence-corrected chi connectivity index (χ3v) is 5.16. The van der Waals surface area contributed by atoms with E-state index in [1.54, 1.807) is 12.1 Å². The number of nitro groups is 1. The summed E-state index contributed by atoms with van der Waals surface area (Å²) in [5.41, 5.74) is 0.803. The van der Waals surface area contributed by atoms with E-state index in [4.69, 9.17) is 16.7 Å². The van der Waals surface area contributed by atoms with Crippen LogP contribution < -0.4 is 10.5 Å². The number of anilines is 1. The van der Waals surface area contributed by atoms with Crippen molar-refractivity contribution < 1.29 is 13.3 Å². The predicted molar refractivity (Wildman–Crippen MR) is 95.8 cm³/mol. The molecule has 0 unspecified atom stereocenters. The van der Waals surface area contributed by atoms with Gasteiger partial charge in [-0.25, -0.2) is 13.6 Å². The summed E-state index contributed by atoms with van der Waals surface area (Å²) in [6, 6.07) is 8.84. The highest BCUT2D eigenvalue weighted by Crippen LogP contribution is 2.26. The van der Waals surface area contributed by atoms with Gasteiger partial charge in [-0.05, 0) is 36.2 Å². The second-order valence-corrected chi connectivity index (χ2v) is 7.72. The second-order valence-electron chi connectivity index (χ2n) is 4.90. The molecule has 0 radical (unpaired) electrons. The Morgan fingerprint density at radius 1 is 1.25 bits per heavy atom. The lowest BCUT2D eigenvalue weighted by atomic mass is 10.1. The number of halogens is 2. The lowest BCUT2D eigenvalue weighted by Crippen LogP contribution is -2.16. The maximum Gasteiger partial charge on any atom is 0.270 e. The number of hydrogen-bond donors (Lipinski definition) is 2. The van der Waals surface area contributed by atoms with Crippen molar-refractivity contribution in [3.05, 3.63) is 61.6 Å². The smallest absolute Gasteiger partial charge is 0.270 e. The normalized spacial score (nSPS) is 11.3. The molecule has 2 rings (SSSR count). The topological polar surface area (TPSA) is 115 Å². The minimum Gasteiger partial charge on any atom is -0.384 e. The first-order valence-corrected chi connectivity index (χ1v) is 9.39. The van der Waals surface area contributed by atoms with Crippen LogP contribution in [0, 0.1) is 10.1 Å². The summed E-state index contributed by atoms with van der Waals surface area (Å²) in [5, 5.41) is 19.5. The molecule has 0 fully saturated rings. The van der Waals surface area contributed by atoms with E-state index in [1.807, 2.05) is 6.07 Å². The predicted octanol–water partition coefficient (Wildman–Crippen LogP) is 3.31. The fourth-order valence-electron chi connectivity index (χ4n) is 2.07. The third kappa shape index (κ3) is 4.67. The molecule has 0 aromatic heterocycles. The van der Waals surface area contributed by atoms with Gasteiger partial charge in [0.2, 0.25) is 10.0 Å². The van der Waals surface area contributed by atoms with Gasteiger partial charge in [-0.1, -0.05) is 27.5 Å². The SMILES string of the molecule is NS(=O)(=O)c1cc([N+](=O)[O-])ccc1NCCc1cc(Cl)ccc1Br. The Morgan fingerprint density at radius 2 is 1.96 bits per heavy atom.